The molecule has 37 heavy (non-hydrogen) atoms. The molecule has 3 heterocycles. The summed E-state index contributed by atoms with van der Waals surface area (Å²) >= 11 is 0. The molecule has 3 aromatic rings. The number of halogens is 1. The Hall–Kier alpha value is -3.68. The fraction of sp³-hybridized carbons (Fsp3) is 0.444. The van der Waals surface area contributed by atoms with Gasteiger partial charge in [0.25, 0.3) is 0 Å². The first-order valence-corrected chi connectivity index (χ1v) is 12.7. The van der Waals surface area contributed by atoms with Crippen molar-refractivity contribution in [1.29, 1.82) is 0 Å². The first-order chi connectivity index (χ1) is 18.0. The number of ether oxygens (including phenoxy) is 1. The van der Waals surface area contributed by atoms with E-state index in [4.69, 9.17) is 11.3 Å². The molecule has 190 valence electrons. The van der Waals surface area contributed by atoms with Crippen LogP contribution in [0.3, 0.4) is 0 Å². The summed E-state index contributed by atoms with van der Waals surface area (Å²) in [6.45, 7) is 12.3. The molecule has 0 saturated carbocycles. The van der Waals surface area contributed by atoms with Crippen LogP contribution in [0.1, 0.15) is 47.1 Å². The van der Waals surface area contributed by atoms with Crippen molar-refractivity contribution in [3.63, 3.8) is 0 Å². The highest BCUT2D eigenvalue weighted by Gasteiger charge is 2.38. The topological polar surface area (TPSA) is 80.7 Å². The van der Waals surface area contributed by atoms with Crippen LogP contribution in [-0.4, -0.2) is 74.7 Å². The van der Waals surface area contributed by atoms with E-state index in [1.807, 2.05) is 11.0 Å². The lowest BCUT2D eigenvalue weighted by atomic mass is 9.81. The van der Waals surface area contributed by atoms with Gasteiger partial charge in [0.05, 0.1) is 36.9 Å². The van der Waals surface area contributed by atoms with Crippen molar-refractivity contribution in [1.82, 2.24) is 30.0 Å². The third-order valence-corrected chi connectivity index (χ3v) is 8.04. The number of amides is 1. The number of tetrazole rings is 1. The summed E-state index contributed by atoms with van der Waals surface area (Å²) < 4.78 is 21.8. The van der Waals surface area contributed by atoms with E-state index >= 15 is 0 Å². The fourth-order valence-electron chi connectivity index (χ4n) is 6.04. The molecule has 10 heteroatoms. The van der Waals surface area contributed by atoms with Gasteiger partial charge < -0.3 is 9.64 Å². The van der Waals surface area contributed by atoms with Gasteiger partial charge in [-0.15, -0.1) is 5.10 Å². The number of carbonyl (C=O) groups is 1. The minimum atomic E-state index is -0.493. The molecule has 2 saturated heterocycles. The zero-order valence-corrected chi connectivity index (χ0v) is 20.7. The molecule has 1 amide bonds. The van der Waals surface area contributed by atoms with Gasteiger partial charge in [-0.1, -0.05) is 12.1 Å². The van der Waals surface area contributed by atoms with Crippen molar-refractivity contribution in [3.05, 3.63) is 76.1 Å². The molecule has 2 fully saturated rings. The average Bonchev–Trinajstić information content (AvgIpc) is 3.47. The second kappa shape index (κ2) is 9.65. The second-order valence-corrected chi connectivity index (χ2v) is 10.1. The number of carbonyl (C=O) groups excluding carboxylic acids is 1. The quantitative estimate of drug-likeness (QED) is 0.512. The number of morpholine rings is 1. The van der Waals surface area contributed by atoms with Crippen molar-refractivity contribution in [3.8, 4) is 5.69 Å². The van der Waals surface area contributed by atoms with E-state index in [0.717, 1.165) is 42.6 Å². The summed E-state index contributed by atoms with van der Waals surface area (Å²) in [6, 6.07) is 9.34. The predicted molar refractivity (Wildman–Crippen MR) is 133 cm³/mol. The highest BCUT2D eigenvalue weighted by Crippen LogP contribution is 2.37. The lowest BCUT2D eigenvalue weighted by Crippen LogP contribution is -2.60. The van der Waals surface area contributed by atoms with E-state index < -0.39 is 5.82 Å². The Balaban J connectivity index is 1.14. The number of hydrogen-bond donors (Lipinski definition) is 0. The van der Waals surface area contributed by atoms with Gasteiger partial charge in [-0.3, -0.25) is 9.69 Å². The standard InChI is InChI=1S/C27H28FN7O2/c1-17-21(8-9-24(28)26(17)29-2)25-14-33-10-11-34(13-20(33)15-37-25)27(36)23-5-3-4-18-12-19(6-7-22(18)23)35-16-30-31-32-35/h6-9,12,16,20,23,25H,3-5,10-11,13-15H2,1H3/t20-,23?,25-/m0/s1. The fourth-order valence-corrected chi connectivity index (χ4v) is 6.04. The van der Waals surface area contributed by atoms with Crippen LogP contribution in [0.5, 0.6) is 0 Å². The SMILES string of the molecule is [C-]#[N+]c1c(F)ccc([C@@H]2CN3CCN(C(=O)C4CCCc5cc(-n6cnnn6)ccc54)C[C@H]3CO2)c1C. The van der Waals surface area contributed by atoms with Gasteiger partial charge in [0, 0.05) is 26.2 Å². The third-order valence-electron chi connectivity index (χ3n) is 8.04. The number of aryl methyl sites for hydroxylation is 1. The molecule has 9 nitrogen and oxygen atoms in total. The Labute approximate surface area is 214 Å². The smallest absolute Gasteiger partial charge is 0.230 e. The van der Waals surface area contributed by atoms with E-state index in [-0.39, 0.29) is 29.7 Å². The molecule has 0 N–H and O–H groups in total. The summed E-state index contributed by atoms with van der Waals surface area (Å²) in [6.07, 6.45) is 4.13. The molecule has 2 aromatic carbocycles. The Morgan fingerprint density at radius 2 is 2.05 bits per heavy atom. The van der Waals surface area contributed by atoms with Crippen LogP contribution in [0.2, 0.25) is 0 Å². The number of fused-ring (bicyclic) bond motifs is 2. The molecule has 3 aliphatic rings. The maximum atomic E-state index is 14.0. The minimum Gasteiger partial charge on any atom is -0.371 e. The first-order valence-electron chi connectivity index (χ1n) is 12.7. The molecule has 0 radical (unpaired) electrons. The Morgan fingerprint density at radius 3 is 2.86 bits per heavy atom. The van der Waals surface area contributed by atoms with Gasteiger partial charge in [-0.05, 0) is 77.1 Å². The summed E-state index contributed by atoms with van der Waals surface area (Å²) in [4.78, 5) is 21.4. The summed E-state index contributed by atoms with van der Waals surface area (Å²) in [5.41, 5.74) is 4.78. The molecule has 1 aromatic heterocycles. The maximum Gasteiger partial charge on any atom is 0.230 e. The zero-order valence-electron chi connectivity index (χ0n) is 20.7. The molecule has 1 aliphatic carbocycles. The van der Waals surface area contributed by atoms with Crippen molar-refractivity contribution in [2.45, 2.75) is 44.2 Å². The molecule has 1 unspecified atom stereocenters. The largest absolute Gasteiger partial charge is 0.371 e. The van der Waals surface area contributed by atoms with Crippen LogP contribution in [0, 0.1) is 19.3 Å². The Morgan fingerprint density at radius 1 is 1.19 bits per heavy atom. The van der Waals surface area contributed by atoms with Crippen LogP contribution in [0.4, 0.5) is 10.1 Å². The highest BCUT2D eigenvalue weighted by molar-refractivity contribution is 5.84. The monoisotopic (exact) mass is 501 g/mol. The van der Waals surface area contributed by atoms with E-state index in [2.05, 4.69) is 37.4 Å². The van der Waals surface area contributed by atoms with Crippen molar-refractivity contribution in [2.75, 3.05) is 32.8 Å². The van der Waals surface area contributed by atoms with Gasteiger partial charge in [0.1, 0.15) is 12.1 Å². The van der Waals surface area contributed by atoms with Gasteiger partial charge in [0.15, 0.2) is 0 Å². The number of rotatable bonds is 3. The lowest BCUT2D eigenvalue weighted by Gasteiger charge is -2.47. The number of hydrogen-bond acceptors (Lipinski definition) is 6. The maximum absolute atomic E-state index is 14.0. The molecular formula is C27H28FN7O2. The lowest BCUT2D eigenvalue weighted by molar-refractivity contribution is -0.142. The van der Waals surface area contributed by atoms with Crippen molar-refractivity contribution in [2.24, 2.45) is 0 Å². The van der Waals surface area contributed by atoms with Crippen LogP contribution >= 0.6 is 0 Å². The van der Waals surface area contributed by atoms with Crippen LogP contribution in [0.25, 0.3) is 10.5 Å². The van der Waals surface area contributed by atoms with Crippen LogP contribution in [-0.2, 0) is 16.0 Å². The summed E-state index contributed by atoms with van der Waals surface area (Å²) in [5, 5.41) is 11.4. The number of piperazine rings is 1. The Kier molecular flexibility index (Phi) is 6.18. The van der Waals surface area contributed by atoms with E-state index in [9.17, 15) is 9.18 Å². The highest BCUT2D eigenvalue weighted by atomic mass is 19.1. The predicted octanol–water partition coefficient (Wildman–Crippen LogP) is 3.36. The van der Waals surface area contributed by atoms with E-state index in [0.29, 0.717) is 31.8 Å². The zero-order chi connectivity index (χ0) is 25.5. The third kappa shape index (κ3) is 4.28. The number of benzene rings is 2. The molecule has 0 bridgehead atoms. The molecule has 0 spiro atoms. The van der Waals surface area contributed by atoms with Crippen LogP contribution in [0.15, 0.2) is 36.7 Å². The number of nitrogens with zero attached hydrogens (tertiary/aromatic N) is 7. The number of aromatic nitrogens is 4. The van der Waals surface area contributed by atoms with Gasteiger partial charge in [-0.25, -0.2) is 13.9 Å². The summed E-state index contributed by atoms with van der Waals surface area (Å²) in [7, 11) is 0. The average molecular weight is 502 g/mol. The minimum absolute atomic E-state index is 0.0662. The van der Waals surface area contributed by atoms with Gasteiger partial charge in [-0.2, -0.15) is 0 Å². The Bertz CT molecular complexity index is 1370. The summed E-state index contributed by atoms with van der Waals surface area (Å²) in [5.74, 6) is -0.439. The van der Waals surface area contributed by atoms with Gasteiger partial charge in [0.2, 0.25) is 11.6 Å². The van der Waals surface area contributed by atoms with E-state index in [1.165, 1.54) is 11.6 Å². The van der Waals surface area contributed by atoms with Crippen molar-refractivity contribution < 1.29 is 13.9 Å². The first kappa shape index (κ1) is 23.7. The van der Waals surface area contributed by atoms with Crippen molar-refractivity contribution >= 4 is 11.6 Å². The molecular weight excluding hydrogens is 473 g/mol. The molecule has 2 aliphatic heterocycles. The van der Waals surface area contributed by atoms with Gasteiger partial charge >= 0.3 is 0 Å². The molecule has 6 rings (SSSR count). The van der Waals surface area contributed by atoms with Crippen LogP contribution < -0.4 is 0 Å². The molecule has 3 atom stereocenters. The normalized spacial score (nSPS) is 23.7. The second-order valence-electron chi connectivity index (χ2n) is 10.1. The van der Waals surface area contributed by atoms with E-state index in [1.54, 1.807) is 24.0 Å².